The van der Waals surface area contributed by atoms with Gasteiger partial charge in [-0.1, -0.05) is 0 Å². The van der Waals surface area contributed by atoms with Crippen LogP contribution in [0.4, 0.5) is 5.69 Å². The van der Waals surface area contributed by atoms with Gasteiger partial charge in [0.1, 0.15) is 5.75 Å². The van der Waals surface area contributed by atoms with E-state index in [1.807, 2.05) is 0 Å². The Morgan fingerprint density at radius 2 is 1.85 bits per heavy atom. The molecule has 1 rings (SSSR count). The lowest BCUT2D eigenvalue weighted by Gasteiger charge is -2.17. The van der Waals surface area contributed by atoms with Crippen molar-refractivity contribution in [1.82, 2.24) is 0 Å². The van der Waals surface area contributed by atoms with Crippen LogP contribution in [0.1, 0.15) is 20.8 Å². The molecule has 108 valence electrons. The van der Waals surface area contributed by atoms with E-state index in [0.717, 1.165) is 0 Å². The van der Waals surface area contributed by atoms with E-state index < -0.39 is 17.3 Å². The normalized spacial score (nSPS) is 13.8. The lowest BCUT2D eigenvalue weighted by Crippen LogP contribution is -2.41. The van der Waals surface area contributed by atoms with Gasteiger partial charge in [-0.05, 0) is 45.0 Å². The van der Waals surface area contributed by atoms with Crippen LogP contribution < -0.4 is 4.74 Å². The Hall–Kier alpha value is -2.24. The molecule has 0 N–H and O–H groups in total. The highest BCUT2D eigenvalue weighted by Crippen LogP contribution is 2.22. The first-order valence-electron chi connectivity index (χ1n) is 6.19. The summed E-state index contributed by atoms with van der Waals surface area (Å²) in [5.41, 5.74) is -1.10. The van der Waals surface area contributed by atoms with Gasteiger partial charge in [-0.15, -0.1) is 0 Å². The number of esters is 1. The van der Waals surface area contributed by atoms with Crippen molar-refractivity contribution in [3.8, 4) is 5.75 Å². The fourth-order valence-electron chi connectivity index (χ4n) is 1.33. The Kier molecular flexibility index (Phi) is 5.37. The SMILES string of the molecule is CCOC(=O)C(C)(N=Nc1ccc(OC)cc1)C(C)=O. The highest BCUT2D eigenvalue weighted by Gasteiger charge is 2.40. The Bertz CT molecular complexity index is 510. The first kappa shape index (κ1) is 15.8. The van der Waals surface area contributed by atoms with Crippen molar-refractivity contribution in [2.24, 2.45) is 10.2 Å². The van der Waals surface area contributed by atoms with Gasteiger partial charge in [0.25, 0.3) is 0 Å². The maximum Gasteiger partial charge on any atom is 0.343 e. The molecule has 0 aliphatic heterocycles. The minimum absolute atomic E-state index is 0.180. The van der Waals surface area contributed by atoms with E-state index in [1.165, 1.54) is 13.8 Å². The molecule has 0 saturated heterocycles. The number of carbonyl (C=O) groups excluding carboxylic acids is 2. The molecular weight excluding hydrogens is 260 g/mol. The van der Waals surface area contributed by atoms with Crippen LogP contribution in [-0.2, 0) is 14.3 Å². The van der Waals surface area contributed by atoms with Gasteiger partial charge in [0.15, 0.2) is 5.78 Å². The van der Waals surface area contributed by atoms with Crippen molar-refractivity contribution in [2.75, 3.05) is 13.7 Å². The van der Waals surface area contributed by atoms with Crippen LogP contribution in [0.2, 0.25) is 0 Å². The molecule has 1 aromatic rings. The summed E-state index contributed by atoms with van der Waals surface area (Å²) < 4.78 is 9.88. The van der Waals surface area contributed by atoms with Gasteiger partial charge in [0.2, 0.25) is 5.54 Å². The van der Waals surface area contributed by atoms with Crippen LogP contribution in [0.5, 0.6) is 5.75 Å². The molecule has 6 nitrogen and oxygen atoms in total. The zero-order valence-corrected chi connectivity index (χ0v) is 12.0. The number of nitrogens with zero attached hydrogens (tertiary/aromatic N) is 2. The summed E-state index contributed by atoms with van der Waals surface area (Å²) in [6.45, 7) is 4.52. The highest BCUT2D eigenvalue weighted by atomic mass is 16.5. The summed E-state index contributed by atoms with van der Waals surface area (Å²) >= 11 is 0. The van der Waals surface area contributed by atoms with E-state index in [9.17, 15) is 9.59 Å². The monoisotopic (exact) mass is 278 g/mol. The minimum atomic E-state index is -1.62. The number of hydrogen-bond acceptors (Lipinski definition) is 6. The van der Waals surface area contributed by atoms with Crippen LogP contribution >= 0.6 is 0 Å². The molecule has 0 aromatic heterocycles. The zero-order chi connectivity index (χ0) is 15.2. The van der Waals surface area contributed by atoms with E-state index in [1.54, 1.807) is 38.3 Å². The van der Waals surface area contributed by atoms with Crippen LogP contribution in [0, 0.1) is 0 Å². The summed E-state index contributed by atoms with van der Waals surface area (Å²) in [6.07, 6.45) is 0. The van der Waals surface area contributed by atoms with Crippen LogP contribution in [0.25, 0.3) is 0 Å². The molecule has 0 radical (unpaired) electrons. The van der Waals surface area contributed by atoms with Crippen molar-refractivity contribution in [3.63, 3.8) is 0 Å². The summed E-state index contributed by atoms with van der Waals surface area (Å²) in [6, 6.07) is 6.77. The average molecular weight is 278 g/mol. The van der Waals surface area contributed by atoms with Gasteiger partial charge >= 0.3 is 5.97 Å². The van der Waals surface area contributed by atoms with Crippen LogP contribution in [-0.4, -0.2) is 31.0 Å². The molecule has 0 amide bonds. The number of azo groups is 1. The molecule has 1 atom stereocenters. The van der Waals surface area contributed by atoms with Crippen molar-refractivity contribution >= 4 is 17.4 Å². The van der Waals surface area contributed by atoms with Gasteiger partial charge in [0, 0.05) is 0 Å². The van der Waals surface area contributed by atoms with Gasteiger partial charge in [-0.25, -0.2) is 4.79 Å². The Morgan fingerprint density at radius 1 is 1.25 bits per heavy atom. The third-order valence-electron chi connectivity index (χ3n) is 2.80. The number of methoxy groups -OCH3 is 1. The fourth-order valence-corrected chi connectivity index (χ4v) is 1.33. The second kappa shape index (κ2) is 6.79. The fraction of sp³-hybridized carbons (Fsp3) is 0.429. The molecule has 1 aromatic carbocycles. The van der Waals surface area contributed by atoms with Crippen molar-refractivity contribution in [3.05, 3.63) is 24.3 Å². The molecule has 0 heterocycles. The van der Waals surface area contributed by atoms with E-state index in [4.69, 9.17) is 9.47 Å². The molecule has 6 heteroatoms. The molecule has 1 unspecified atom stereocenters. The van der Waals surface area contributed by atoms with E-state index >= 15 is 0 Å². The Labute approximate surface area is 117 Å². The van der Waals surface area contributed by atoms with E-state index in [2.05, 4.69) is 10.2 Å². The third-order valence-corrected chi connectivity index (χ3v) is 2.80. The lowest BCUT2D eigenvalue weighted by atomic mass is 9.99. The minimum Gasteiger partial charge on any atom is -0.497 e. The second-order valence-electron chi connectivity index (χ2n) is 4.25. The molecule has 0 aliphatic rings. The average Bonchev–Trinajstić information content (AvgIpc) is 2.45. The number of ketones is 1. The Morgan fingerprint density at radius 3 is 2.30 bits per heavy atom. The lowest BCUT2D eigenvalue weighted by molar-refractivity contribution is -0.152. The number of rotatable bonds is 6. The first-order chi connectivity index (χ1) is 9.43. The molecule has 0 saturated carbocycles. The van der Waals surface area contributed by atoms with Crippen LogP contribution in [0.3, 0.4) is 0 Å². The predicted molar refractivity (Wildman–Crippen MR) is 73.2 cm³/mol. The smallest absolute Gasteiger partial charge is 0.343 e. The highest BCUT2D eigenvalue weighted by molar-refractivity contribution is 6.07. The molecule has 0 fully saturated rings. The second-order valence-corrected chi connectivity index (χ2v) is 4.25. The number of ether oxygens (including phenoxy) is 2. The molecule has 0 aliphatic carbocycles. The van der Waals surface area contributed by atoms with Crippen molar-refractivity contribution < 1.29 is 19.1 Å². The molecule has 0 bridgehead atoms. The number of carbonyl (C=O) groups is 2. The topological polar surface area (TPSA) is 77.3 Å². The number of benzene rings is 1. The third kappa shape index (κ3) is 3.63. The summed E-state index contributed by atoms with van der Waals surface area (Å²) in [7, 11) is 1.56. The maximum absolute atomic E-state index is 11.8. The summed E-state index contributed by atoms with van der Waals surface area (Å²) in [4.78, 5) is 23.4. The van der Waals surface area contributed by atoms with Gasteiger partial charge in [-0.2, -0.15) is 10.2 Å². The standard InChI is InChI=1S/C14H18N2O4/c1-5-20-13(18)14(3,10(2)17)16-15-11-6-8-12(19-4)9-7-11/h6-9H,5H2,1-4H3. The number of hydrogen-bond donors (Lipinski definition) is 0. The van der Waals surface area contributed by atoms with E-state index in [0.29, 0.717) is 11.4 Å². The van der Waals surface area contributed by atoms with Crippen molar-refractivity contribution in [2.45, 2.75) is 26.3 Å². The Balaban J connectivity index is 2.97. The number of Topliss-reactive ketones (excluding diaryl/α,β-unsaturated/α-hetero) is 1. The molecular formula is C14H18N2O4. The van der Waals surface area contributed by atoms with E-state index in [-0.39, 0.29) is 6.61 Å². The largest absolute Gasteiger partial charge is 0.497 e. The van der Waals surface area contributed by atoms with Crippen molar-refractivity contribution in [1.29, 1.82) is 0 Å². The van der Waals surface area contributed by atoms with Gasteiger partial charge in [0.05, 0.1) is 19.4 Å². The first-order valence-corrected chi connectivity index (χ1v) is 6.19. The summed E-state index contributed by atoms with van der Waals surface area (Å²) in [5.74, 6) is -0.443. The van der Waals surface area contributed by atoms with Gasteiger partial charge in [-0.3, -0.25) is 4.79 Å². The quantitative estimate of drug-likeness (QED) is 0.455. The predicted octanol–water partition coefficient (Wildman–Crippen LogP) is 2.69. The van der Waals surface area contributed by atoms with Gasteiger partial charge < -0.3 is 9.47 Å². The molecule has 0 spiro atoms. The zero-order valence-electron chi connectivity index (χ0n) is 12.0. The molecule has 20 heavy (non-hydrogen) atoms. The maximum atomic E-state index is 11.8. The summed E-state index contributed by atoms with van der Waals surface area (Å²) in [5, 5.41) is 7.79. The van der Waals surface area contributed by atoms with Crippen LogP contribution in [0.15, 0.2) is 34.5 Å².